The van der Waals surface area contributed by atoms with Crippen LogP contribution in [0, 0.1) is 0 Å². The van der Waals surface area contributed by atoms with Crippen molar-refractivity contribution < 1.29 is 14.3 Å². The SMILES string of the molecule is COc1ccc2[nH]c3c(c2c1)C[C@@]1(C)C(=O)N(CCCn2ccnc2)C(=O)N1C3. The number of methoxy groups -OCH3 is 1. The van der Waals surface area contributed by atoms with Crippen LogP contribution in [0.25, 0.3) is 10.9 Å². The Kier molecular flexibility index (Phi) is 3.90. The Hall–Kier alpha value is -3.29. The summed E-state index contributed by atoms with van der Waals surface area (Å²) in [4.78, 5) is 36.9. The molecule has 1 N–H and O–H groups in total. The highest BCUT2D eigenvalue weighted by molar-refractivity contribution is 6.07. The fourth-order valence-electron chi connectivity index (χ4n) is 4.54. The lowest BCUT2D eigenvalue weighted by molar-refractivity contribution is -0.133. The number of hydrogen-bond donors (Lipinski definition) is 1. The number of benzene rings is 1. The molecule has 0 saturated carbocycles. The number of nitrogens with zero attached hydrogens (tertiary/aromatic N) is 4. The molecule has 4 heterocycles. The fourth-order valence-corrected chi connectivity index (χ4v) is 4.54. The highest BCUT2D eigenvalue weighted by Gasteiger charge is 2.56. The average Bonchev–Trinajstić information content (AvgIpc) is 3.40. The van der Waals surface area contributed by atoms with Gasteiger partial charge in [-0.2, -0.15) is 0 Å². The van der Waals surface area contributed by atoms with Crippen LogP contribution in [0.15, 0.2) is 36.9 Å². The zero-order valence-electron chi connectivity index (χ0n) is 16.5. The molecule has 0 radical (unpaired) electrons. The van der Waals surface area contributed by atoms with Crippen LogP contribution in [-0.2, 0) is 24.3 Å². The Labute approximate surface area is 168 Å². The minimum atomic E-state index is -0.850. The molecular weight excluding hydrogens is 370 g/mol. The Bertz CT molecular complexity index is 1100. The number of carbonyl (C=O) groups is 2. The van der Waals surface area contributed by atoms with E-state index in [0.717, 1.165) is 34.5 Å². The number of carbonyl (C=O) groups excluding carboxylic acids is 2. The summed E-state index contributed by atoms with van der Waals surface area (Å²) in [7, 11) is 1.64. The summed E-state index contributed by atoms with van der Waals surface area (Å²) < 4.78 is 7.31. The molecule has 0 aliphatic carbocycles. The normalized spacial score (nSPS) is 21.0. The van der Waals surface area contributed by atoms with E-state index in [0.29, 0.717) is 25.9 Å². The van der Waals surface area contributed by atoms with Gasteiger partial charge in [0, 0.05) is 48.5 Å². The van der Waals surface area contributed by atoms with Gasteiger partial charge >= 0.3 is 6.03 Å². The molecule has 0 bridgehead atoms. The van der Waals surface area contributed by atoms with Gasteiger partial charge in [0.2, 0.25) is 0 Å². The molecule has 150 valence electrons. The van der Waals surface area contributed by atoms with Gasteiger partial charge in [0.25, 0.3) is 5.91 Å². The highest BCUT2D eigenvalue weighted by atomic mass is 16.5. The number of imide groups is 1. The number of aromatic amines is 1. The van der Waals surface area contributed by atoms with Crippen LogP contribution in [0.4, 0.5) is 4.79 Å². The van der Waals surface area contributed by atoms with Crippen molar-refractivity contribution in [1.29, 1.82) is 0 Å². The predicted octanol–water partition coefficient (Wildman–Crippen LogP) is 2.54. The van der Waals surface area contributed by atoms with Crippen molar-refractivity contribution in [3.8, 4) is 5.75 Å². The summed E-state index contributed by atoms with van der Waals surface area (Å²) in [6, 6.07) is 5.68. The van der Waals surface area contributed by atoms with Gasteiger partial charge in [0.05, 0.1) is 20.0 Å². The molecule has 2 aliphatic heterocycles. The molecule has 2 aliphatic rings. The van der Waals surface area contributed by atoms with Crippen LogP contribution < -0.4 is 4.74 Å². The van der Waals surface area contributed by atoms with Gasteiger partial charge in [-0.3, -0.25) is 9.69 Å². The molecule has 8 nitrogen and oxygen atoms in total. The van der Waals surface area contributed by atoms with E-state index in [1.165, 1.54) is 4.90 Å². The Balaban J connectivity index is 1.41. The molecule has 1 atom stereocenters. The number of H-pyrrole nitrogens is 1. The number of aromatic nitrogens is 3. The number of rotatable bonds is 5. The van der Waals surface area contributed by atoms with Crippen molar-refractivity contribution in [3.05, 3.63) is 48.2 Å². The average molecular weight is 393 g/mol. The lowest BCUT2D eigenvalue weighted by Crippen LogP contribution is -2.51. The number of fused-ring (bicyclic) bond motifs is 4. The van der Waals surface area contributed by atoms with Gasteiger partial charge in [-0.15, -0.1) is 0 Å². The van der Waals surface area contributed by atoms with E-state index in [4.69, 9.17) is 4.74 Å². The lowest BCUT2D eigenvalue weighted by atomic mass is 9.86. The van der Waals surface area contributed by atoms with E-state index in [2.05, 4.69) is 9.97 Å². The molecule has 0 unspecified atom stereocenters. The first-order chi connectivity index (χ1) is 14.0. The van der Waals surface area contributed by atoms with Gasteiger partial charge in [0.1, 0.15) is 11.3 Å². The van der Waals surface area contributed by atoms with E-state index in [1.807, 2.05) is 35.9 Å². The maximum atomic E-state index is 13.3. The zero-order valence-corrected chi connectivity index (χ0v) is 16.5. The monoisotopic (exact) mass is 393 g/mol. The van der Waals surface area contributed by atoms with Crippen molar-refractivity contribution in [2.45, 2.75) is 38.4 Å². The van der Waals surface area contributed by atoms with Gasteiger partial charge in [-0.25, -0.2) is 9.78 Å². The molecule has 2 aromatic heterocycles. The first-order valence-corrected chi connectivity index (χ1v) is 9.78. The quantitative estimate of drug-likeness (QED) is 0.675. The number of urea groups is 1. The van der Waals surface area contributed by atoms with E-state index in [9.17, 15) is 9.59 Å². The summed E-state index contributed by atoms with van der Waals surface area (Å²) in [6.07, 6.45) is 6.54. The number of aryl methyl sites for hydroxylation is 1. The Morgan fingerprint density at radius 2 is 2.14 bits per heavy atom. The van der Waals surface area contributed by atoms with Crippen LogP contribution in [0.1, 0.15) is 24.6 Å². The molecule has 5 rings (SSSR count). The standard InChI is InChI=1S/C21H23N5O3/c1-21-11-16-15-10-14(29-2)4-5-17(15)23-18(16)12-26(21)20(28)25(19(21)27)8-3-7-24-9-6-22-13-24/h4-6,9-10,13,23H,3,7-8,11-12H2,1-2H3/t21-/m0/s1. The first-order valence-electron chi connectivity index (χ1n) is 9.78. The van der Waals surface area contributed by atoms with E-state index in [-0.39, 0.29) is 11.9 Å². The molecule has 1 fully saturated rings. The summed E-state index contributed by atoms with van der Waals surface area (Å²) in [5.74, 6) is 0.665. The third kappa shape index (κ3) is 2.62. The summed E-state index contributed by atoms with van der Waals surface area (Å²) >= 11 is 0. The minimum Gasteiger partial charge on any atom is -0.497 e. The Morgan fingerprint density at radius 1 is 1.28 bits per heavy atom. The highest BCUT2D eigenvalue weighted by Crippen LogP contribution is 2.41. The second kappa shape index (κ2) is 6.37. The smallest absolute Gasteiger partial charge is 0.328 e. The largest absolute Gasteiger partial charge is 0.497 e. The molecule has 3 amide bonds. The topological polar surface area (TPSA) is 83.5 Å². The second-order valence-corrected chi connectivity index (χ2v) is 7.92. The lowest BCUT2D eigenvalue weighted by Gasteiger charge is -2.35. The van der Waals surface area contributed by atoms with Crippen molar-refractivity contribution in [3.63, 3.8) is 0 Å². The second-order valence-electron chi connectivity index (χ2n) is 7.92. The van der Waals surface area contributed by atoms with Crippen molar-refractivity contribution in [2.75, 3.05) is 13.7 Å². The predicted molar refractivity (Wildman–Crippen MR) is 106 cm³/mol. The first kappa shape index (κ1) is 17.8. The molecule has 1 aromatic carbocycles. The van der Waals surface area contributed by atoms with Crippen LogP contribution in [0.3, 0.4) is 0 Å². The number of amides is 3. The van der Waals surface area contributed by atoms with Gasteiger partial charge in [0.15, 0.2) is 0 Å². The fraction of sp³-hybridized carbons (Fsp3) is 0.381. The maximum Gasteiger partial charge on any atom is 0.328 e. The molecule has 8 heteroatoms. The molecule has 0 spiro atoms. The number of hydrogen-bond acceptors (Lipinski definition) is 4. The summed E-state index contributed by atoms with van der Waals surface area (Å²) in [5.41, 5.74) is 2.24. The van der Waals surface area contributed by atoms with Crippen molar-refractivity contribution >= 4 is 22.8 Å². The van der Waals surface area contributed by atoms with Gasteiger partial charge < -0.3 is 19.2 Å². The minimum absolute atomic E-state index is 0.115. The molecule has 1 saturated heterocycles. The number of imidazole rings is 1. The van der Waals surface area contributed by atoms with Crippen LogP contribution in [-0.4, -0.2) is 55.5 Å². The maximum absolute atomic E-state index is 13.3. The number of nitrogens with one attached hydrogen (secondary N) is 1. The van der Waals surface area contributed by atoms with E-state index >= 15 is 0 Å². The zero-order chi connectivity index (χ0) is 20.2. The third-order valence-corrected chi connectivity index (χ3v) is 6.16. The molecular formula is C21H23N5O3. The van der Waals surface area contributed by atoms with Crippen LogP contribution in [0.2, 0.25) is 0 Å². The van der Waals surface area contributed by atoms with Gasteiger partial charge in [-0.1, -0.05) is 0 Å². The summed E-state index contributed by atoms with van der Waals surface area (Å²) in [6.45, 7) is 3.41. The number of ether oxygens (including phenoxy) is 1. The van der Waals surface area contributed by atoms with Crippen molar-refractivity contribution in [2.24, 2.45) is 0 Å². The van der Waals surface area contributed by atoms with Crippen LogP contribution >= 0.6 is 0 Å². The van der Waals surface area contributed by atoms with Gasteiger partial charge in [-0.05, 0) is 37.1 Å². The van der Waals surface area contributed by atoms with Crippen LogP contribution in [0.5, 0.6) is 5.75 Å². The molecule has 29 heavy (non-hydrogen) atoms. The van der Waals surface area contributed by atoms with E-state index in [1.54, 1.807) is 24.5 Å². The third-order valence-electron chi connectivity index (χ3n) is 6.16. The Morgan fingerprint density at radius 3 is 2.90 bits per heavy atom. The van der Waals surface area contributed by atoms with Crippen molar-refractivity contribution in [1.82, 2.24) is 24.3 Å². The summed E-state index contributed by atoms with van der Waals surface area (Å²) in [5, 5.41) is 1.05. The molecule has 3 aromatic rings. The van der Waals surface area contributed by atoms with E-state index < -0.39 is 5.54 Å².